The number of nitrogens with one attached hydrogen (secondary N) is 1. The molecule has 1 rings (SSSR count). The van der Waals surface area contributed by atoms with E-state index in [4.69, 9.17) is 0 Å². The molecular weight excluding hydrogens is 226 g/mol. The highest BCUT2D eigenvalue weighted by molar-refractivity contribution is 7.98. The molecule has 1 nitrogen and oxygen atoms in total. The molecule has 1 aromatic rings. The van der Waals surface area contributed by atoms with E-state index in [0.29, 0.717) is 6.04 Å². The number of benzene rings is 1. The Morgan fingerprint density at radius 1 is 1.29 bits per heavy atom. The molecule has 0 aliphatic rings. The fraction of sp³-hybridized carbons (Fsp3) is 0.467. The predicted molar refractivity (Wildman–Crippen MR) is 78.7 cm³/mol. The van der Waals surface area contributed by atoms with E-state index in [9.17, 15) is 0 Å². The molecule has 1 aromatic carbocycles. The summed E-state index contributed by atoms with van der Waals surface area (Å²) in [4.78, 5) is 1.32. The minimum Gasteiger partial charge on any atom is -0.307 e. The van der Waals surface area contributed by atoms with Crippen LogP contribution in [-0.2, 0) is 0 Å². The number of rotatable bonds is 6. The highest BCUT2D eigenvalue weighted by Gasteiger charge is 2.06. The molecular formula is C15H23NS. The van der Waals surface area contributed by atoms with Crippen LogP contribution in [0.1, 0.15) is 38.8 Å². The summed E-state index contributed by atoms with van der Waals surface area (Å²) in [7, 11) is 0. The van der Waals surface area contributed by atoms with Crippen LogP contribution in [0.4, 0.5) is 0 Å². The SMILES string of the molecule is CCCNC(C=C(C)C)c1ccc(SC)cc1. The molecule has 0 saturated heterocycles. The van der Waals surface area contributed by atoms with Crippen molar-refractivity contribution in [3.05, 3.63) is 41.5 Å². The zero-order valence-corrected chi connectivity index (χ0v) is 12.1. The van der Waals surface area contributed by atoms with Gasteiger partial charge in [-0.2, -0.15) is 0 Å². The molecule has 0 amide bonds. The van der Waals surface area contributed by atoms with Crippen LogP contribution in [-0.4, -0.2) is 12.8 Å². The van der Waals surface area contributed by atoms with Crippen molar-refractivity contribution in [2.75, 3.05) is 12.8 Å². The fourth-order valence-corrected chi connectivity index (χ4v) is 2.13. The van der Waals surface area contributed by atoms with Gasteiger partial charge in [0.1, 0.15) is 0 Å². The number of hydrogen-bond donors (Lipinski definition) is 1. The Balaban J connectivity index is 2.83. The van der Waals surface area contributed by atoms with Crippen LogP contribution in [0.25, 0.3) is 0 Å². The lowest BCUT2D eigenvalue weighted by Gasteiger charge is -2.16. The van der Waals surface area contributed by atoms with Crippen molar-refractivity contribution in [1.82, 2.24) is 5.32 Å². The van der Waals surface area contributed by atoms with E-state index in [-0.39, 0.29) is 0 Å². The summed E-state index contributed by atoms with van der Waals surface area (Å²) in [5, 5.41) is 3.57. The zero-order valence-electron chi connectivity index (χ0n) is 11.3. The summed E-state index contributed by atoms with van der Waals surface area (Å²) in [5.41, 5.74) is 2.70. The van der Waals surface area contributed by atoms with Gasteiger partial charge in [0.2, 0.25) is 0 Å². The minimum absolute atomic E-state index is 0.343. The Labute approximate surface area is 110 Å². The Bertz CT molecular complexity index is 350. The maximum Gasteiger partial charge on any atom is 0.0508 e. The molecule has 0 heterocycles. The lowest BCUT2D eigenvalue weighted by Crippen LogP contribution is -2.20. The van der Waals surface area contributed by atoms with E-state index in [1.807, 2.05) is 0 Å². The first-order chi connectivity index (χ1) is 8.17. The first-order valence-corrected chi connectivity index (χ1v) is 7.42. The third-order valence-electron chi connectivity index (χ3n) is 2.59. The highest BCUT2D eigenvalue weighted by Crippen LogP contribution is 2.20. The van der Waals surface area contributed by atoms with Crippen LogP contribution in [0.15, 0.2) is 40.8 Å². The van der Waals surface area contributed by atoms with Crippen LogP contribution < -0.4 is 5.32 Å². The van der Waals surface area contributed by atoms with E-state index in [0.717, 1.165) is 13.0 Å². The largest absolute Gasteiger partial charge is 0.307 e. The fourth-order valence-electron chi connectivity index (χ4n) is 1.72. The topological polar surface area (TPSA) is 12.0 Å². The summed E-state index contributed by atoms with van der Waals surface area (Å²) < 4.78 is 0. The average Bonchev–Trinajstić information content (AvgIpc) is 2.34. The summed E-state index contributed by atoms with van der Waals surface area (Å²) in [6.45, 7) is 7.55. The molecule has 0 aromatic heterocycles. The van der Waals surface area contributed by atoms with Gasteiger partial charge in [-0.05, 0) is 50.8 Å². The van der Waals surface area contributed by atoms with Crippen molar-refractivity contribution < 1.29 is 0 Å². The van der Waals surface area contributed by atoms with Crippen molar-refractivity contribution >= 4 is 11.8 Å². The van der Waals surface area contributed by atoms with E-state index in [1.54, 1.807) is 11.8 Å². The molecule has 1 N–H and O–H groups in total. The first-order valence-electron chi connectivity index (χ1n) is 6.19. The molecule has 0 bridgehead atoms. The van der Waals surface area contributed by atoms with Gasteiger partial charge in [-0.15, -0.1) is 11.8 Å². The quantitative estimate of drug-likeness (QED) is 0.592. The summed E-state index contributed by atoms with van der Waals surface area (Å²) in [6, 6.07) is 9.17. The van der Waals surface area contributed by atoms with Gasteiger partial charge in [0.05, 0.1) is 6.04 Å². The summed E-state index contributed by atoms with van der Waals surface area (Å²) in [6.07, 6.45) is 5.57. The van der Waals surface area contributed by atoms with Crippen LogP contribution in [0.5, 0.6) is 0 Å². The monoisotopic (exact) mass is 249 g/mol. The molecule has 0 saturated carbocycles. The Kier molecular flexibility index (Phi) is 6.38. The van der Waals surface area contributed by atoms with Crippen molar-refractivity contribution in [2.24, 2.45) is 0 Å². The number of allylic oxidation sites excluding steroid dienone is 1. The third kappa shape index (κ3) is 4.97. The summed E-state index contributed by atoms with van der Waals surface area (Å²) >= 11 is 1.79. The highest BCUT2D eigenvalue weighted by atomic mass is 32.2. The van der Waals surface area contributed by atoms with Crippen molar-refractivity contribution in [3.63, 3.8) is 0 Å². The van der Waals surface area contributed by atoms with Gasteiger partial charge in [0, 0.05) is 4.90 Å². The first kappa shape index (κ1) is 14.3. The van der Waals surface area contributed by atoms with E-state index >= 15 is 0 Å². The second-order valence-electron chi connectivity index (χ2n) is 4.45. The summed E-state index contributed by atoms with van der Waals surface area (Å²) in [5.74, 6) is 0. The maximum atomic E-state index is 3.57. The molecule has 94 valence electrons. The second kappa shape index (κ2) is 7.57. The average molecular weight is 249 g/mol. The molecule has 0 radical (unpaired) electrons. The van der Waals surface area contributed by atoms with Gasteiger partial charge < -0.3 is 5.32 Å². The van der Waals surface area contributed by atoms with Crippen LogP contribution >= 0.6 is 11.8 Å². The molecule has 2 heteroatoms. The normalized spacial score (nSPS) is 12.2. The van der Waals surface area contributed by atoms with Gasteiger partial charge in [0.15, 0.2) is 0 Å². The molecule has 0 aliphatic carbocycles. The number of thioether (sulfide) groups is 1. The number of hydrogen-bond acceptors (Lipinski definition) is 2. The van der Waals surface area contributed by atoms with Gasteiger partial charge in [-0.25, -0.2) is 0 Å². The van der Waals surface area contributed by atoms with E-state index < -0.39 is 0 Å². The van der Waals surface area contributed by atoms with Crippen LogP contribution in [0.3, 0.4) is 0 Å². The Morgan fingerprint density at radius 3 is 2.41 bits per heavy atom. The second-order valence-corrected chi connectivity index (χ2v) is 5.33. The van der Waals surface area contributed by atoms with Crippen molar-refractivity contribution in [3.8, 4) is 0 Å². The van der Waals surface area contributed by atoms with E-state index in [1.165, 1.54) is 16.0 Å². The minimum atomic E-state index is 0.343. The predicted octanol–water partition coefficient (Wildman–Crippen LogP) is 4.42. The van der Waals surface area contributed by atoms with Gasteiger partial charge in [-0.1, -0.05) is 30.7 Å². The van der Waals surface area contributed by atoms with Gasteiger partial charge in [-0.3, -0.25) is 0 Å². The molecule has 0 aliphatic heterocycles. The third-order valence-corrected chi connectivity index (χ3v) is 3.33. The molecule has 17 heavy (non-hydrogen) atoms. The van der Waals surface area contributed by atoms with Crippen molar-refractivity contribution in [2.45, 2.75) is 38.1 Å². The van der Waals surface area contributed by atoms with Crippen LogP contribution in [0, 0.1) is 0 Å². The molecule has 1 unspecified atom stereocenters. The Hall–Kier alpha value is -0.730. The molecule has 1 atom stereocenters. The van der Waals surface area contributed by atoms with Gasteiger partial charge in [0.25, 0.3) is 0 Å². The maximum absolute atomic E-state index is 3.57. The van der Waals surface area contributed by atoms with E-state index in [2.05, 4.69) is 62.7 Å². The van der Waals surface area contributed by atoms with Crippen molar-refractivity contribution in [1.29, 1.82) is 0 Å². The smallest absolute Gasteiger partial charge is 0.0508 e. The van der Waals surface area contributed by atoms with Crippen LogP contribution in [0.2, 0.25) is 0 Å². The standard InChI is InChI=1S/C15H23NS/c1-5-10-16-15(11-12(2)3)13-6-8-14(17-4)9-7-13/h6-9,11,15-16H,5,10H2,1-4H3. The van der Waals surface area contributed by atoms with Gasteiger partial charge >= 0.3 is 0 Å². The Morgan fingerprint density at radius 2 is 1.94 bits per heavy atom. The zero-order chi connectivity index (χ0) is 12.7. The molecule has 0 fully saturated rings. The lowest BCUT2D eigenvalue weighted by molar-refractivity contribution is 0.610. The molecule has 0 spiro atoms. The lowest BCUT2D eigenvalue weighted by atomic mass is 10.0.